The van der Waals surface area contributed by atoms with Gasteiger partial charge < -0.3 is 5.32 Å². The molecule has 0 saturated carbocycles. The number of hydrogen-bond donors (Lipinski definition) is 1. The summed E-state index contributed by atoms with van der Waals surface area (Å²) in [6.07, 6.45) is 1.84. The lowest BCUT2D eigenvalue weighted by molar-refractivity contribution is 0.635. The van der Waals surface area contributed by atoms with Crippen LogP contribution >= 0.6 is 15.9 Å². The lowest BCUT2D eigenvalue weighted by Crippen LogP contribution is -2.21. The number of rotatable bonds is 4. The summed E-state index contributed by atoms with van der Waals surface area (Å²) < 4.78 is 3.06. The fourth-order valence-corrected chi connectivity index (χ4v) is 3.00. The standard InChI is InChI=1S/C17H16BrN3/c1-19-17(14-9-5-6-10-15(14)18)16-11-12-20-21(16)13-7-3-2-4-8-13/h2-12,17,19H,1H3. The maximum absolute atomic E-state index is 4.47. The molecule has 1 heterocycles. The van der Waals surface area contributed by atoms with Crippen LogP contribution in [0.3, 0.4) is 0 Å². The van der Waals surface area contributed by atoms with Gasteiger partial charge in [0, 0.05) is 10.7 Å². The first-order chi connectivity index (χ1) is 10.3. The van der Waals surface area contributed by atoms with Gasteiger partial charge in [-0.2, -0.15) is 5.10 Å². The topological polar surface area (TPSA) is 29.9 Å². The van der Waals surface area contributed by atoms with E-state index in [-0.39, 0.29) is 6.04 Å². The summed E-state index contributed by atoms with van der Waals surface area (Å²) in [6.45, 7) is 0. The van der Waals surface area contributed by atoms with Gasteiger partial charge in [0.05, 0.1) is 17.4 Å². The quantitative estimate of drug-likeness (QED) is 0.778. The molecule has 106 valence electrons. The van der Waals surface area contributed by atoms with Crippen molar-refractivity contribution < 1.29 is 0 Å². The van der Waals surface area contributed by atoms with E-state index in [0.29, 0.717) is 0 Å². The minimum atomic E-state index is 0.0725. The zero-order valence-corrected chi connectivity index (χ0v) is 13.3. The van der Waals surface area contributed by atoms with Crippen LogP contribution in [0.4, 0.5) is 0 Å². The van der Waals surface area contributed by atoms with Gasteiger partial charge in [-0.1, -0.05) is 52.3 Å². The third kappa shape index (κ3) is 2.77. The van der Waals surface area contributed by atoms with Gasteiger partial charge in [0.1, 0.15) is 0 Å². The van der Waals surface area contributed by atoms with Gasteiger partial charge in [0.2, 0.25) is 0 Å². The van der Waals surface area contributed by atoms with Crippen LogP contribution in [-0.4, -0.2) is 16.8 Å². The van der Waals surface area contributed by atoms with Crippen LogP contribution < -0.4 is 5.32 Å². The summed E-state index contributed by atoms with van der Waals surface area (Å²) in [4.78, 5) is 0. The Morgan fingerprint density at radius 2 is 1.71 bits per heavy atom. The molecule has 0 aliphatic carbocycles. The SMILES string of the molecule is CNC(c1ccccc1Br)c1ccnn1-c1ccccc1. The van der Waals surface area contributed by atoms with Crippen molar-refractivity contribution in [3.63, 3.8) is 0 Å². The van der Waals surface area contributed by atoms with Gasteiger partial charge in [0.15, 0.2) is 0 Å². The van der Waals surface area contributed by atoms with Crippen molar-refractivity contribution in [1.82, 2.24) is 15.1 Å². The third-order valence-corrected chi connectivity index (χ3v) is 4.20. The zero-order chi connectivity index (χ0) is 14.7. The maximum atomic E-state index is 4.47. The summed E-state index contributed by atoms with van der Waals surface area (Å²) in [6, 6.07) is 20.5. The molecular formula is C17H16BrN3. The number of aromatic nitrogens is 2. The van der Waals surface area contributed by atoms with Gasteiger partial charge in [-0.25, -0.2) is 4.68 Å². The normalized spacial score (nSPS) is 12.3. The molecule has 0 aliphatic heterocycles. The van der Waals surface area contributed by atoms with E-state index in [4.69, 9.17) is 0 Å². The Bertz CT molecular complexity index is 722. The van der Waals surface area contributed by atoms with Crippen LogP contribution in [0.5, 0.6) is 0 Å². The van der Waals surface area contributed by atoms with Gasteiger partial charge >= 0.3 is 0 Å². The van der Waals surface area contributed by atoms with Crippen molar-refractivity contribution in [2.24, 2.45) is 0 Å². The van der Waals surface area contributed by atoms with Crippen LogP contribution in [0, 0.1) is 0 Å². The molecule has 2 aromatic carbocycles. The van der Waals surface area contributed by atoms with Gasteiger partial charge in [-0.05, 0) is 36.9 Å². The number of para-hydroxylation sites is 1. The van der Waals surface area contributed by atoms with Crippen LogP contribution in [0.25, 0.3) is 5.69 Å². The molecule has 1 N–H and O–H groups in total. The molecule has 0 saturated heterocycles. The summed E-state index contributed by atoms with van der Waals surface area (Å²) in [7, 11) is 1.96. The molecule has 0 spiro atoms. The van der Waals surface area contributed by atoms with E-state index in [0.717, 1.165) is 15.9 Å². The van der Waals surface area contributed by atoms with Crippen LogP contribution in [0.15, 0.2) is 71.3 Å². The van der Waals surface area contributed by atoms with Crippen molar-refractivity contribution in [1.29, 1.82) is 0 Å². The number of halogens is 1. The van der Waals surface area contributed by atoms with E-state index in [1.807, 2.05) is 54.3 Å². The Labute approximate surface area is 132 Å². The Balaban J connectivity index is 2.08. The minimum absolute atomic E-state index is 0.0725. The second kappa shape index (κ2) is 6.24. The van der Waals surface area contributed by atoms with Gasteiger partial charge in [-0.3, -0.25) is 0 Å². The predicted octanol–water partition coefficient (Wildman–Crippen LogP) is 3.94. The van der Waals surface area contributed by atoms with Gasteiger partial charge in [0.25, 0.3) is 0 Å². The molecule has 1 atom stereocenters. The van der Waals surface area contributed by atoms with Crippen LogP contribution in [0.1, 0.15) is 17.3 Å². The number of nitrogens with zero attached hydrogens (tertiary/aromatic N) is 2. The van der Waals surface area contributed by atoms with Crippen LogP contribution in [-0.2, 0) is 0 Å². The molecule has 3 nitrogen and oxygen atoms in total. The molecule has 4 heteroatoms. The van der Waals surface area contributed by atoms with E-state index in [2.05, 4.69) is 50.6 Å². The Morgan fingerprint density at radius 3 is 2.43 bits per heavy atom. The monoisotopic (exact) mass is 341 g/mol. The highest BCUT2D eigenvalue weighted by Crippen LogP contribution is 2.29. The Kier molecular flexibility index (Phi) is 4.18. The second-order valence-corrected chi connectivity index (χ2v) is 5.60. The van der Waals surface area contributed by atoms with Gasteiger partial charge in [-0.15, -0.1) is 0 Å². The molecule has 0 radical (unpaired) electrons. The molecule has 0 bridgehead atoms. The molecule has 0 fully saturated rings. The van der Waals surface area contributed by atoms with Crippen molar-refractivity contribution in [2.45, 2.75) is 6.04 Å². The van der Waals surface area contributed by atoms with E-state index < -0.39 is 0 Å². The maximum Gasteiger partial charge on any atom is 0.0761 e. The van der Waals surface area contributed by atoms with E-state index in [9.17, 15) is 0 Å². The highest BCUT2D eigenvalue weighted by atomic mass is 79.9. The van der Waals surface area contributed by atoms with Crippen molar-refractivity contribution in [3.05, 3.63) is 82.6 Å². The zero-order valence-electron chi connectivity index (χ0n) is 11.7. The third-order valence-electron chi connectivity index (χ3n) is 3.47. The lowest BCUT2D eigenvalue weighted by Gasteiger charge is -2.19. The average Bonchev–Trinajstić information content (AvgIpc) is 3.00. The fourth-order valence-electron chi connectivity index (χ4n) is 2.49. The molecular weight excluding hydrogens is 326 g/mol. The van der Waals surface area contributed by atoms with Crippen molar-refractivity contribution in [3.8, 4) is 5.69 Å². The summed E-state index contributed by atoms with van der Waals surface area (Å²) in [5.74, 6) is 0. The first-order valence-corrected chi connectivity index (χ1v) is 7.61. The average molecular weight is 342 g/mol. The van der Waals surface area contributed by atoms with E-state index in [1.54, 1.807) is 0 Å². The van der Waals surface area contributed by atoms with Crippen molar-refractivity contribution >= 4 is 15.9 Å². The van der Waals surface area contributed by atoms with E-state index in [1.165, 1.54) is 5.56 Å². The first kappa shape index (κ1) is 14.0. The molecule has 1 aromatic heterocycles. The molecule has 1 unspecified atom stereocenters. The summed E-state index contributed by atoms with van der Waals surface area (Å²) in [5.41, 5.74) is 3.36. The summed E-state index contributed by atoms with van der Waals surface area (Å²) in [5, 5.41) is 7.85. The molecule has 0 amide bonds. The largest absolute Gasteiger partial charge is 0.308 e. The van der Waals surface area contributed by atoms with Crippen LogP contribution in [0.2, 0.25) is 0 Å². The number of benzene rings is 2. The second-order valence-electron chi connectivity index (χ2n) is 4.75. The minimum Gasteiger partial charge on any atom is -0.308 e. The Morgan fingerprint density at radius 1 is 1.00 bits per heavy atom. The highest BCUT2D eigenvalue weighted by molar-refractivity contribution is 9.10. The molecule has 3 aromatic rings. The molecule has 3 rings (SSSR count). The number of hydrogen-bond acceptors (Lipinski definition) is 2. The summed E-state index contributed by atoms with van der Waals surface area (Å²) >= 11 is 3.63. The molecule has 0 aliphatic rings. The Hall–Kier alpha value is -1.91. The number of nitrogens with one attached hydrogen (secondary N) is 1. The smallest absolute Gasteiger partial charge is 0.0761 e. The van der Waals surface area contributed by atoms with Crippen molar-refractivity contribution in [2.75, 3.05) is 7.05 Å². The fraction of sp³-hybridized carbons (Fsp3) is 0.118. The van der Waals surface area contributed by atoms with E-state index >= 15 is 0 Å². The first-order valence-electron chi connectivity index (χ1n) is 6.82. The molecule has 21 heavy (non-hydrogen) atoms. The highest BCUT2D eigenvalue weighted by Gasteiger charge is 2.19. The predicted molar refractivity (Wildman–Crippen MR) is 88.6 cm³/mol. The lowest BCUT2D eigenvalue weighted by atomic mass is 10.0.